The molecule has 0 aliphatic heterocycles. The molecule has 3 aromatic rings. The Bertz CT molecular complexity index is 1090. The fraction of sp³-hybridized carbons (Fsp3) is 0.333. The molecular formula is C18H20N6O4. The number of amides is 1. The summed E-state index contributed by atoms with van der Waals surface area (Å²) in [6, 6.07) is 7.01. The van der Waals surface area contributed by atoms with E-state index in [9.17, 15) is 19.7 Å². The summed E-state index contributed by atoms with van der Waals surface area (Å²) in [7, 11) is 0. The average molecular weight is 384 g/mol. The minimum Gasteiger partial charge on any atom is -0.358 e. The summed E-state index contributed by atoms with van der Waals surface area (Å²) in [6.45, 7) is 4.39. The van der Waals surface area contributed by atoms with Crippen LogP contribution in [-0.2, 0) is 17.9 Å². The number of nitro groups is 1. The van der Waals surface area contributed by atoms with E-state index >= 15 is 0 Å². The Labute approximate surface area is 160 Å². The maximum atomic E-state index is 12.6. The van der Waals surface area contributed by atoms with Gasteiger partial charge in [0.25, 0.3) is 5.56 Å². The van der Waals surface area contributed by atoms with Crippen LogP contribution in [0.1, 0.15) is 25.0 Å². The summed E-state index contributed by atoms with van der Waals surface area (Å²) in [5, 5.41) is 11.3. The first-order valence-electron chi connectivity index (χ1n) is 8.83. The largest absolute Gasteiger partial charge is 0.381 e. The van der Waals surface area contributed by atoms with Crippen molar-refractivity contribution in [3.05, 3.63) is 62.6 Å². The van der Waals surface area contributed by atoms with Crippen molar-refractivity contribution in [2.45, 2.75) is 33.4 Å². The van der Waals surface area contributed by atoms with Gasteiger partial charge in [0, 0.05) is 26.4 Å². The number of H-pyrrole nitrogens is 1. The number of para-hydroxylation sites is 1. The number of fused-ring (bicyclic) bond motifs is 1. The minimum absolute atomic E-state index is 0.144. The monoisotopic (exact) mass is 384 g/mol. The van der Waals surface area contributed by atoms with E-state index in [1.54, 1.807) is 40.7 Å². The second-order valence-electron chi connectivity index (χ2n) is 6.28. The van der Waals surface area contributed by atoms with Crippen molar-refractivity contribution in [2.75, 3.05) is 6.54 Å². The predicted molar refractivity (Wildman–Crippen MR) is 102 cm³/mol. The van der Waals surface area contributed by atoms with Crippen LogP contribution in [0.5, 0.6) is 0 Å². The molecule has 0 aliphatic carbocycles. The molecule has 2 heterocycles. The van der Waals surface area contributed by atoms with E-state index in [0.717, 1.165) is 0 Å². The van der Waals surface area contributed by atoms with Crippen molar-refractivity contribution in [3.63, 3.8) is 0 Å². The zero-order valence-corrected chi connectivity index (χ0v) is 15.6. The molecule has 0 fully saturated rings. The number of nitrogens with one attached hydrogen (secondary N) is 1. The highest BCUT2D eigenvalue weighted by Gasteiger charge is 2.18. The molecule has 0 atom stereocenters. The molecule has 3 rings (SSSR count). The zero-order valence-electron chi connectivity index (χ0n) is 15.6. The summed E-state index contributed by atoms with van der Waals surface area (Å²) in [6.07, 6.45) is 1.47. The number of aryl methyl sites for hydroxylation is 2. The number of rotatable bonds is 7. The molecule has 0 spiro atoms. The molecule has 0 aliphatic rings. The molecule has 2 aromatic heterocycles. The average Bonchev–Trinajstić information content (AvgIpc) is 3.05. The van der Waals surface area contributed by atoms with E-state index in [1.807, 2.05) is 6.92 Å². The quantitative estimate of drug-likeness (QED) is 0.488. The van der Waals surface area contributed by atoms with Gasteiger partial charge in [0.2, 0.25) is 11.7 Å². The van der Waals surface area contributed by atoms with Crippen LogP contribution in [-0.4, -0.2) is 41.8 Å². The summed E-state index contributed by atoms with van der Waals surface area (Å²) in [5.41, 5.74) is 0.330. The van der Waals surface area contributed by atoms with Gasteiger partial charge in [-0.3, -0.25) is 9.59 Å². The second kappa shape index (κ2) is 7.99. The van der Waals surface area contributed by atoms with E-state index in [1.165, 1.54) is 6.20 Å². The first kappa shape index (κ1) is 19.2. The van der Waals surface area contributed by atoms with Crippen LogP contribution in [0.2, 0.25) is 0 Å². The fourth-order valence-electron chi connectivity index (χ4n) is 2.95. The Balaban J connectivity index is 1.70. The summed E-state index contributed by atoms with van der Waals surface area (Å²) in [5.74, 6) is 0.501. The standard InChI is InChI=1S/C18H20N6O4/c1-3-22(10-15-20-14-7-5-4-6-13(14)18(26)21-15)17(25)8-9-23-11-16(24(27)28)19-12(23)2/h4-7,11H,3,8-10H2,1-2H3,(H,20,21,26). The second-order valence-corrected chi connectivity index (χ2v) is 6.28. The van der Waals surface area contributed by atoms with Crippen molar-refractivity contribution in [1.29, 1.82) is 0 Å². The number of aromatic amines is 1. The lowest BCUT2D eigenvalue weighted by molar-refractivity contribution is -0.389. The van der Waals surface area contributed by atoms with Crippen LogP contribution >= 0.6 is 0 Å². The van der Waals surface area contributed by atoms with Crippen molar-refractivity contribution >= 4 is 22.6 Å². The smallest absolute Gasteiger partial charge is 0.358 e. The molecule has 0 saturated heterocycles. The highest BCUT2D eigenvalue weighted by molar-refractivity contribution is 5.77. The number of aromatic nitrogens is 4. The summed E-state index contributed by atoms with van der Waals surface area (Å²) < 4.78 is 1.58. The van der Waals surface area contributed by atoms with Gasteiger partial charge in [-0.2, -0.15) is 0 Å². The van der Waals surface area contributed by atoms with E-state index in [-0.39, 0.29) is 36.8 Å². The molecule has 10 nitrogen and oxygen atoms in total. The summed E-state index contributed by atoms with van der Waals surface area (Å²) in [4.78, 5) is 47.6. The Kier molecular flexibility index (Phi) is 5.48. The Morgan fingerprint density at radius 1 is 1.32 bits per heavy atom. The molecule has 1 aromatic carbocycles. The third kappa shape index (κ3) is 4.05. The van der Waals surface area contributed by atoms with Gasteiger partial charge in [0.1, 0.15) is 12.0 Å². The van der Waals surface area contributed by atoms with Crippen molar-refractivity contribution in [2.24, 2.45) is 0 Å². The molecular weight excluding hydrogens is 364 g/mol. The lowest BCUT2D eigenvalue weighted by atomic mass is 10.2. The number of hydrogen-bond donors (Lipinski definition) is 1. The molecule has 146 valence electrons. The highest BCUT2D eigenvalue weighted by atomic mass is 16.6. The fourth-order valence-corrected chi connectivity index (χ4v) is 2.95. The van der Waals surface area contributed by atoms with Crippen LogP contribution in [0.15, 0.2) is 35.3 Å². The number of imidazole rings is 1. The SMILES string of the molecule is CCN(Cc1nc2ccccc2c(=O)[nH]1)C(=O)CCn1cc([N+](=O)[O-])nc1C. The molecule has 10 heteroatoms. The van der Waals surface area contributed by atoms with Gasteiger partial charge in [-0.05, 0) is 29.0 Å². The van der Waals surface area contributed by atoms with Crippen LogP contribution in [0.3, 0.4) is 0 Å². The number of nitrogens with zero attached hydrogens (tertiary/aromatic N) is 5. The van der Waals surface area contributed by atoms with Gasteiger partial charge in [-0.15, -0.1) is 0 Å². The van der Waals surface area contributed by atoms with E-state index in [2.05, 4.69) is 15.0 Å². The van der Waals surface area contributed by atoms with E-state index in [4.69, 9.17) is 0 Å². The number of hydrogen-bond acceptors (Lipinski definition) is 6. The van der Waals surface area contributed by atoms with Crippen LogP contribution < -0.4 is 5.56 Å². The zero-order chi connectivity index (χ0) is 20.3. The molecule has 1 amide bonds. The van der Waals surface area contributed by atoms with Gasteiger partial charge in [-0.25, -0.2) is 4.98 Å². The van der Waals surface area contributed by atoms with Crippen molar-refractivity contribution in [1.82, 2.24) is 24.4 Å². The lowest BCUT2D eigenvalue weighted by Gasteiger charge is -2.20. The molecule has 0 radical (unpaired) electrons. The first-order chi connectivity index (χ1) is 13.4. The van der Waals surface area contributed by atoms with Gasteiger partial charge < -0.3 is 24.6 Å². The minimum atomic E-state index is -0.564. The first-order valence-corrected chi connectivity index (χ1v) is 8.83. The molecule has 1 N–H and O–H groups in total. The molecule has 0 bridgehead atoms. The number of carbonyl (C=O) groups is 1. The lowest BCUT2D eigenvalue weighted by Crippen LogP contribution is -2.32. The van der Waals surface area contributed by atoms with Crippen LogP contribution in [0.4, 0.5) is 5.82 Å². The number of benzene rings is 1. The summed E-state index contributed by atoms with van der Waals surface area (Å²) >= 11 is 0. The van der Waals surface area contributed by atoms with Crippen molar-refractivity contribution < 1.29 is 9.72 Å². The van der Waals surface area contributed by atoms with Gasteiger partial charge in [0.15, 0.2) is 0 Å². The van der Waals surface area contributed by atoms with Crippen molar-refractivity contribution in [3.8, 4) is 0 Å². The molecule has 0 unspecified atom stereocenters. The highest BCUT2D eigenvalue weighted by Crippen LogP contribution is 2.12. The maximum Gasteiger partial charge on any atom is 0.381 e. The predicted octanol–water partition coefficient (Wildman–Crippen LogP) is 1.78. The normalized spacial score (nSPS) is 10.9. The van der Waals surface area contributed by atoms with Gasteiger partial charge >= 0.3 is 5.82 Å². The third-order valence-electron chi connectivity index (χ3n) is 4.45. The van der Waals surface area contributed by atoms with E-state index in [0.29, 0.717) is 29.1 Å². The Morgan fingerprint density at radius 3 is 2.75 bits per heavy atom. The molecule has 28 heavy (non-hydrogen) atoms. The van der Waals surface area contributed by atoms with Crippen LogP contribution in [0.25, 0.3) is 10.9 Å². The van der Waals surface area contributed by atoms with E-state index < -0.39 is 4.92 Å². The third-order valence-corrected chi connectivity index (χ3v) is 4.45. The topological polar surface area (TPSA) is 127 Å². The Morgan fingerprint density at radius 2 is 2.07 bits per heavy atom. The van der Waals surface area contributed by atoms with Gasteiger partial charge in [-0.1, -0.05) is 12.1 Å². The Hall–Kier alpha value is -3.56. The van der Waals surface area contributed by atoms with Gasteiger partial charge in [0.05, 0.1) is 17.4 Å². The number of carbonyl (C=O) groups excluding carboxylic acids is 1. The van der Waals surface area contributed by atoms with Crippen LogP contribution in [0, 0.1) is 17.0 Å². The molecule has 0 saturated carbocycles. The maximum absolute atomic E-state index is 12.6.